The second kappa shape index (κ2) is 8.62. The standard InChI is InChI=1S/C17H22FNO4/c1-2-22-16(20)9-10-19(17(21)15-4-3-11-23-15)12-13-5-7-14(18)8-6-13/h5-8,15H,2-4,9-12H2,1H3. The van der Waals surface area contributed by atoms with Crippen LogP contribution in [0.15, 0.2) is 24.3 Å². The van der Waals surface area contributed by atoms with Crippen molar-refractivity contribution in [3.63, 3.8) is 0 Å². The lowest BCUT2D eigenvalue weighted by molar-refractivity contribution is -0.146. The molecule has 2 rings (SSSR count). The molecule has 1 fully saturated rings. The van der Waals surface area contributed by atoms with Crippen LogP contribution in [-0.4, -0.2) is 42.6 Å². The minimum absolute atomic E-state index is 0.129. The van der Waals surface area contributed by atoms with Crippen LogP contribution in [0.25, 0.3) is 0 Å². The Morgan fingerprint density at radius 3 is 2.70 bits per heavy atom. The SMILES string of the molecule is CCOC(=O)CCN(Cc1ccc(F)cc1)C(=O)C1CCCO1. The topological polar surface area (TPSA) is 55.8 Å². The number of esters is 1. The van der Waals surface area contributed by atoms with Crippen LogP contribution in [0.5, 0.6) is 0 Å². The van der Waals surface area contributed by atoms with E-state index in [9.17, 15) is 14.0 Å². The maximum Gasteiger partial charge on any atom is 0.307 e. The molecule has 1 aromatic rings. The van der Waals surface area contributed by atoms with Crippen LogP contribution >= 0.6 is 0 Å². The number of ether oxygens (including phenoxy) is 2. The van der Waals surface area contributed by atoms with Gasteiger partial charge in [0, 0.05) is 19.7 Å². The van der Waals surface area contributed by atoms with Gasteiger partial charge in [0.05, 0.1) is 13.0 Å². The molecule has 1 saturated heterocycles. The zero-order valence-corrected chi connectivity index (χ0v) is 13.3. The Morgan fingerprint density at radius 1 is 1.35 bits per heavy atom. The zero-order valence-electron chi connectivity index (χ0n) is 13.3. The number of amides is 1. The minimum atomic E-state index is -0.447. The fourth-order valence-electron chi connectivity index (χ4n) is 2.51. The predicted octanol–water partition coefficient (Wildman–Crippen LogP) is 2.29. The van der Waals surface area contributed by atoms with Crippen molar-refractivity contribution in [1.29, 1.82) is 0 Å². The molecule has 0 radical (unpaired) electrons. The largest absolute Gasteiger partial charge is 0.466 e. The molecule has 6 heteroatoms. The highest BCUT2D eigenvalue weighted by molar-refractivity contribution is 5.81. The molecule has 0 aliphatic carbocycles. The van der Waals surface area contributed by atoms with Crippen molar-refractivity contribution in [2.45, 2.75) is 38.8 Å². The van der Waals surface area contributed by atoms with Crippen LogP contribution in [0.1, 0.15) is 31.7 Å². The van der Waals surface area contributed by atoms with Gasteiger partial charge in [-0.2, -0.15) is 0 Å². The smallest absolute Gasteiger partial charge is 0.307 e. The normalized spacial score (nSPS) is 17.0. The quantitative estimate of drug-likeness (QED) is 0.723. The van der Waals surface area contributed by atoms with Crippen molar-refractivity contribution < 1.29 is 23.5 Å². The lowest BCUT2D eigenvalue weighted by Gasteiger charge is -2.25. The van der Waals surface area contributed by atoms with Crippen molar-refractivity contribution in [2.24, 2.45) is 0 Å². The van der Waals surface area contributed by atoms with Crippen LogP contribution < -0.4 is 0 Å². The van der Waals surface area contributed by atoms with Gasteiger partial charge in [0.1, 0.15) is 11.9 Å². The van der Waals surface area contributed by atoms with Gasteiger partial charge in [0.15, 0.2) is 0 Å². The van der Waals surface area contributed by atoms with E-state index in [1.165, 1.54) is 12.1 Å². The van der Waals surface area contributed by atoms with Gasteiger partial charge in [0.2, 0.25) is 0 Å². The summed E-state index contributed by atoms with van der Waals surface area (Å²) in [4.78, 5) is 25.7. The molecule has 0 spiro atoms. The second-order valence-electron chi connectivity index (χ2n) is 5.44. The number of rotatable bonds is 7. The highest BCUT2D eigenvalue weighted by atomic mass is 19.1. The third-order valence-corrected chi connectivity index (χ3v) is 3.69. The Labute approximate surface area is 135 Å². The summed E-state index contributed by atoms with van der Waals surface area (Å²) >= 11 is 0. The van der Waals surface area contributed by atoms with Crippen molar-refractivity contribution in [3.05, 3.63) is 35.6 Å². The Kier molecular flexibility index (Phi) is 6.52. The zero-order chi connectivity index (χ0) is 16.7. The van der Waals surface area contributed by atoms with E-state index in [0.717, 1.165) is 12.0 Å². The van der Waals surface area contributed by atoms with Gasteiger partial charge >= 0.3 is 5.97 Å². The lowest BCUT2D eigenvalue weighted by Crippen LogP contribution is -2.39. The number of nitrogens with zero attached hydrogens (tertiary/aromatic N) is 1. The molecule has 23 heavy (non-hydrogen) atoms. The molecule has 0 N–H and O–H groups in total. The fourth-order valence-corrected chi connectivity index (χ4v) is 2.51. The summed E-state index contributed by atoms with van der Waals surface area (Å²) in [7, 11) is 0. The number of benzene rings is 1. The molecule has 1 amide bonds. The molecule has 0 bridgehead atoms. The van der Waals surface area contributed by atoms with E-state index >= 15 is 0 Å². The lowest BCUT2D eigenvalue weighted by atomic mass is 10.1. The van der Waals surface area contributed by atoms with E-state index in [-0.39, 0.29) is 30.7 Å². The van der Waals surface area contributed by atoms with Gasteiger partial charge in [-0.15, -0.1) is 0 Å². The minimum Gasteiger partial charge on any atom is -0.466 e. The molecule has 0 aromatic heterocycles. The van der Waals surface area contributed by atoms with Crippen LogP contribution in [-0.2, 0) is 25.6 Å². The molecule has 1 unspecified atom stereocenters. The number of carbonyl (C=O) groups is 2. The molecule has 1 aliphatic rings. The summed E-state index contributed by atoms with van der Waals surface area (Å²) in [5.41, 5.74) is 0.807. The molecular formula is C17H22FNO4. The first kappa shape index (κ1) is 17.4. The third-order valence-electron chi connectivity index (χ3n) is 3.69. The summed E-state index contributed by atoms with van der Waals surface area (Å²) in [6, 6.07) is 5.98. The Morgan fingerprint density at radius 2 is 2.09 bits per heavy atom. The van der Waals surface area contributed by atoms with Gasteiger partial charge in [-0.1, -0.05) is 12.1 Å². The maximum atomic E-state index is 13.0. The fraction of sp³-hybridized carbons (Fsp3) is 0.529. The molecule has 0 saturated carbocycles. The third kappa shape index (κ3) is 5.32. The van der Waals surface area contributed by atoms with E-state index in [1.54, 1.807) is 24.0 Å². The summed E-state index contributed by atoms with van der Waals surface area (Å²) < 4.78 is 23.4. The Hall–Kier alpha value is -1.95. The molecule has 126 valence electrons. The van der Waals surface area contributed by atoms with Crippen LogP contribution in [0.2, 0.25) is 0 Å². The average molecular weight is 323 g/mol. The maximum absolute atomic E-state index is 13.0. The highest BCUT2D eigenvalue weighted by Gasteiger charge is 2.28. The second-order valence-corrected chi connectivity index (χ2v) is 5.44. The molecule has 1 aliphatic heterocycles. The van der Waals surface area contributed by atoms with Crippen LogP contribution in [0.3, 0.4) is 0 Å². The van der Waals surface area contributed by atoms with Crippen molar-refractivity contribution >= 4 is 11.9 Å². The first-order valence-corrected chi connectivity index (χ1v) is 7.90. The van der Waals surface area contributed by atoms with E-state index in [1.807, 2.05) is 0 Å². The van der Waals surface area contributed by atoms with Crippen molar-refractivity contribution in [3.8, 4) is 0 Å². The van der Waals surface area contributed by atoms with Crippen molar-refractivity contribution in [2.75, 3.05) is 19.8 Å². The molecular weight excluding hydrogens is 301 g/mol. The average Bonchev–Trinajstić information content (AvgIpc) is 3.07. The van der Waals surface area contributed by atoms with Crippen LogP contribution in [0, 0.1) is 5.82 Å². The van der Waals surface area contributed by atoms with Gasteiger partial charge < -0.3 is 14.4 Å². The summed E-state index contributed by atoms with van der Waals surface area (Å²) in [5.74, 6) is -0.787. The number of hydrogen-bond acceptors (Lipinski definition) is 4. The number of carbonyl (C=O) groups excluding carboxylic acids is 2. The number of hydrogen-bond donors (Lipinski definition) is 0. The highest BCUT2D eigenvalue weighted by Crippen LogP contribution is 2.17. The van der Waals surface area contributed by atoms with Gasteiger partial charge in [-0.25, -0.2) is 4.39 Å². The Bertz CT molecular complexity index is 526. The molecule has 1 atom stereocenters. The molecule has 1 aromatic carbocycles. The predicted molar refractivity (Wildman–Crippen MR) is 82.0 cm³/mol. The van der Waals surface area contributed by atoms with E-state index < -0.39 is 6.10 Å². The first-order valence-electron chi connectivity index (χ1n) is 7.90. The van der Waals surface area contributed by atoms with E-state index in [0.29, 0.717) is 26.2 Å². The monoisotopic (exact) mass is 323 g/mol. The van der Waals surface area contributed by atoms with Crippen molar-refractivity contribution in [1.82, 2.24) is 4.90 Å². The molecule has 5 nitrogen and oxygen atoms in total. The number of halogens is 1. The van der Waals surface area contributed by atoms with Gasteiger partial charge in [-0.05, 0) is 37.5 Å². The summed E-state index contributed by atoms with van der Waals surface area (Å²) in [5, 5.41) is 0. The first-order chi connectivity index (χ1) is 11.1. The summed E-state index contributed by atoms with van der Waals surface area (Å²) in [6.45, 7) is 3.22. The Balaban J connectivity index is 2.01. The summed E-state index contributed by atoms with van der Waals surface area (Å²) in [6.07, 6.45) is 1.24. The van der Waals surface area contributed by atoms with Gasteiger partial charge in [-0.3, -0.25) is 9.59 Å². The van der Waals surface area contributed by atoms with Crippen LogP contribution in [0.4, 0.5) is 4.39 Å². The van der Waals surface area contributed by atoms with E-state index in [4.69, 9.17) is 9.47 Å². The molecule has 1 heterocycles. The van der Waals surface area contributed by atoms with Gasteiger partial charge in [0.25, 0.3) is 5.91 Å². The van der Waals surface area contributed by atoms with E-state index in [2.05, 4.69) is 0 Å².